The van der Waals surface area contributed by atoms with Crippen molar-refractivity contribution in [1.29, 1.82) is 0 Å². The first-order valence-electron chi connectivity index (χ1n) is 8.14. The van der Waals surface area contributed by atoms with E-state index in [2.05, 4.69) is 13.0 Å². The molecule has 2 heterocycles. The fraction of sp³-hybridized carbons (Fsp3) is 0.444. The number of amides is 2. The molecule has 2 aromatic rings. The third-order valence-electron chi connectivity index (χ3n) is 4.72. The summed E-state index contributed by atoms with van der Waals surface area (Å²) in [6, 6.07) is 6.13. The number of aryl methyl sites for hydroxylation is 1. The Morgan fingerprint density at radius 1 is 1.30 bits per heavy atom. The molecule has 1 aromatic carbocycles. The third kappa shape index (κ3) is 3.23. The molecular formula is C18H22N2O3. The Bertz CT molecular complexity index is 727. The number of hydrogen-bond acceptors (Lipinski definition) is 3. The second kappa shape index (κ2) is 6.44. The lowest BCUT2D eigenvalue weighted by Crippen LogP contribution is -2.42. The molecule has 1 aliphatic rings. The number of furan rings is 1. The summed E-state index contributed by atoms with van der Waals surface area (Å²) < 4.78 is 5.60. The quantitative estimate of drug-likeness (QED) is 0.940. The van der Waals surface area contributed by atoms with Crippen LogP contribution in [0.1, 0.15) is 30.9 Å². The zero-order chi connectivity index (χ0) is 16.4. The van der Waals surface area contributed by atoms with Gasteiger partial charge in [-0.1, -0.05) is 19.1 Å². The summed E-state index contributed by atoms with van der Waals surface area (Å²) >= 11 is 0. The molecule has 1 aromatic heterocycles. The monoisotopic (exact) mass is 314 g/mol. The van der Waals surface area contributed by atoms with Gasteiger partial charge >= 0.3 is 0 Å². The predicted molar refractivity (Wildman–Crippen MR) is 87.8 cm³/mol. The lowest BCUT2D eigenvalue weighted by molar-refractivity contribution is -0.134. The van der Waals surface area contributed by atoms with Gasteiger partial charge in [0.05, 0.1) is 12.7 Å². The molecule has 3 rings (SSSR count). The number of likely N-dealkylation sites (tertiary alicyclic amines) is 1. The molecular weight excluding hydrogens is 292 g/mol. The standard InChI is InChI=1S/C18H22N2O3/c1-2-12-3-4-15-14(11-23-16(15)9-12)10-17(21)20-7-5-13(6-8-20)18(19)22/h3-4,9,11,13H,2,5-8,10H2,1H3,(H2,19,22). The first-order valence-corrected chi connectivity index (χ1v) is 8.14. The highest BCUT2D eigenvalue weighted by atomic mass is 16.3. The van der Waals surface area contributed by atoms with E-state index >= 15 is 0 Å². The highest BCUT2D eigenvalue weighted by Gasteiger charge is 2.26. The Morgan fingerprint density at radius 2 is 2.04 bits per heavy atom. The molecule has 122 valence electrons. The lowest BCUT2D eigenvalue weighted by atomic mass is 9.96. The van der Waals surface area contributed by atoms with E-state index in [9.17, 15) is 9.59 Å². The van der Waals surface area contributed by atoms with Crippen molar-refractivity contribution in [3.63, 3.8) is 0 Å². The number of hydrogen-bond donors (Lipinski definition) is 1. The summed E-state index contributed by atoms with van der Waals surface area (Å²) in [4.78, 5) is 25.5. The van der Waals surface area contributed by atoms with Crippen molar-refractivity contribution in [1.82, 2.24) is 4.90 Å². The van der Waals surface area contributed by atoms with E-state index < -0.39 is 0 Å². The molecule has 0 atom stereocenters. The van der Waals surface area contributed by atoms with Gasteiger partial charge in [0.1, 0.15) is 5.58 Å². The highest BCUT2D eigenvalue weighted by molar-refractivity contribution is 5.88. The summed E-state index contributed by atoms with van der Waals surface area (Å²) in [5.74, 6) is -0.277. The first-order chi connectivity index (χ1) is 11.1. The molecule has 2 N–H and O–H groups in total. The Labute approximate surface area is 135 Å². The Morgan fingerprint density at radius 3 is 2.70 bits per heavy atom. The van der Waals surface area contributed by atoms with Gasteiger partial charge < -0.3 is 15.1 Å². The van der Waals surface area contributed by atoms with Gasteiger partial charge in [-0.15, -0.1) is 0 Å². The van der Waals surface area contributed by atoms with Crippen LogP contribution < -0.4 is 5.73 Å². The SMILES string of the molecule is CCc1ccc2c(CC(=O)N3CCC(C(N)=O)CC3)coc2c1. The summed E-state index contributed by atoms with van der Waals surface area (Å²) in [7, 11) is 0. The Balaban J connectivity index is 1.68. The fourth-order valence-electron chi connectivity index (χ4n) is 3.17. The molecule has 0 radical (unpaired) electrons. The van der Waals surface area contributed by atoms with Crippen molar-refractivity contribution in [2.24, 2.45) is 11.7 Å². The maximum Gasteiger partial charge on any atom is 0.227 e. The number of nitrogens with zero attached hydrogens (tertiary/aromatic N) is 1. The van der Waals surface area contributed by atoms with Gasteiger partial charge in [-0.25, -0.2) is 0 Å². The van der Waals surface area contributed by atoms with Gasteiger partial charge in [0, 0.05) is 30.0 Å². The van der Waals surface area contributed by atoms with Crippen LogP contribution in [0.2, 0.25) is 0 Å². The van der Waals surface area contributed by atoms with E-state index in [1.165, 1.54) is 5.56 Å². The van der Waals surface area contributed by atoms with Gasteiger partial charge in [-0.3, -0.25) is 9.59 Å². The summed E-state index contributed by atoms with van der Waals surface area (Å²) in [6.07, 6.45) is 4.29. The van der Waals surface area contributed by atoms with Crippen LogP contribution in [0.3, 0.4) is 0 Å². The van der Waals surface area contributed by atoms with Gasteiger partial charge in [0.2, 0.25) is 11.8 Å². The van der Waals surface area contributed by atoms with E-state index in [1.54, 1.807) is 6.26 Å². The number of nitrogens with two attached hydrogens (primary N) is 1. The van der Waals surface area contributed by atoms with Crippen molar-refractivity contribution in [2.45, 2.75) is 32.6 Å². The summed E-state index contributed by atoms with van der Waals surface area (Å²) in [5, 5.41) is 1.00. The van der Waals surface area contributed by atoms with Crippen LogP contribution in [0.25, 0.3) is 11.0 Å². The van der Waals surface area contributed by atoms with Crippen LogP contribution in [0.5, 0.6) is 0 Å². The number of fused-ring (bicyclic) bond motifs is 1. The zero-order valence-corrected chi connectivity index (χ0v) is 13.4. The van der Waals surface area contributed by atoms with Crippen LogP contribution in [-0.2, 0) is 22.4 Å². The molecule has 0 saturated carbocycles. The van der Waals surface area contributed by atoms with Crippen molar-refractivity contribution < 1.29 is 14.0 Å². The average molecular weight is 314 g/mol. The number of carbonyl (C=O) groups excluding carboxylic acids is 2. The van der Waals surface area contributed by atoms with Crippen LogP contribution in [0, 0.1) is 5.92 Å². The number of piperidine rings is 1. The molecule has 1 fully saturated rings. The van der Waals surface area contributed by atoms with Crippen LogP contribution in [-0.4, -0.2) is 29.8 Å². The molecule has 5 heteroatoms. The first kappa shape index (κ1) is 15.6. The maximum atomic E-state index is 12.5. The minimum atomic E-state index is -0.260. The van der Waals surface area contributed by atoms with Crippen LogP contribution >= 0.6 is 0 Å². The summed E-state index contributed by atoms with van der Waals surface area (Å²) in [5.41, 5.74) is 8.30. The van der Waals surface area contributed by atoms with E-state index in [0.717, 1.165) is 23.0 Å². The molecule has 1 aliphatic heterocycles. The summed E-state index contributed by atoms with van der Waals surface area (Å²) in [6.45, 7) is 3.30. The van der Waals surface area contributed by atoms with Crippen molar-refractivity contribution >= 4 is 22.8 Å². The molecule has 5 nitrogen and oxygen atoms in total. The topological polar surface area (TPSA) is 76.5 Å². The second-order valence-electron chi connectivity index (χ2n) is 6.18. The molecule has 0 spiro atoms. The van der Waals surface area contributed by atoms with Crippen molar-refractivity contribution in [2.75, 3.05) is 13.1 Å². The van der Waals surface area contributed by atoms with Crippen LogP contribution in [0.4, 0.5) is 0 Å². The normalized spacial score (nSPS) is 16.0. The average Bonchev–Trinajstić information content (AvgIpc) is 2.97. The third-order valence-corrected chi connectivity index (χ3v) is 4.72. The van der Waals surface area contributed by atoms with Gasteiger partial charge in [0.25, 0.3) is 0 Å². The molecule has 0 unspecified atom stereocenters. The van der Waals surface area contributed by atoms with E-state index in [1.807, 2.05) is 17.0 Å². The van der Waals surface area contributed by atoms with Crippen molar-refractivity contribution in [3.8, 4) is 0 Å². The van der Waals surface area contributed by atoms with E-state index in [4.69, 9.17) is 10.2 Å². The highest BCUT2D eigenvalue weighted by Crippen LogP contribution is 2.24. The number of primary amides is 1. The van der Waals surface area contributed by atoms with Crippen molar-refractivity contribution in [3.05, 3.63) is 35.6 Å². The number of carbonyl (C=O) groups is 2. The van der Waals surface area contributed by atoms with E-state index in [0.29, 0.717) is 32.4 Å². The largest absolute Gasteiger partial charge is 0.464 e. The maximum absolute atomic E-state index is 12.5. The minimum Gasteiger partial charge on any atom is -0.464 e. The van der Waals surface area contributed by atoms with Gasteiger partial charge in [-0.2, -0.15) is 0 Å². The van der Waals surface area contributed by atoms with E-state index in [-0.39, 0.29) is 17.7 Å². The fourth-order valence-corrected chi connectivity index (χ4v) is 3.17. The molecule has 1 saturated heterocycles. The smallest absolute Gasteiger partial charge is 0.227 e. The molecule has 0 bridgehead atoms. The second-order valence-corrected chi connectivity index (χ2v) is 6.18. The minimum absolute atomic E-state index is 0.0789. The Hall–Kier alpha value is -2.30. The predicted octanol–water partition coefficient (Wildman–Crippen LogP) is 2.26. The zero-order valence-electron chi connectivity index (χ0n) is 13.4. The van der Waals surface area contributed by atoms with Crippen LogP contribution in [0.15, 0.2) is 28.9 Å². The Kier molecular flexibility index (Phi) is 4.37. The lowest BCUT2D eigenvalue weighted by Gasteiger charge is -2.30. The molecule has 23 heavy (non-hydrogen) atoms. The molecule has 2 amide bonds. The van der Waals surface area contributed by atoms with Gasteiger partial charge in [-0.05, 0) is 30.9 Å². The number of benzene rings is 1. The number of rotatable bonds is 4. The van der Waals surface area contributed by atoms with Gasteiger partial charge in [0.15, 0.2) is 0 Å². The molecule has 0 aliphatic carbocycles.